The summed E-state index contributed by atoms with van der Waals surface area (Å²) in [7, 11) is -8.72. The highest BCUT2D eigenvalue weighted by Crippen LogP contribution is 2.21. The zero-order valence-corrected chi connectivity index (χ0v) is 13.2. The molecule has 9 heteroatoms. The van der Waals surface area contributed by atoms with Crippen molar-refractivity contribution in [1.29, 1.82) is 0 Å². The molecule has 0 spiro atoms. The van der Waals surface area contributed by atoms with Gasteiger partial charge in [0.1, 0.15) is 0 Å². The second-order valence-corrected chi connectivity index (χ2v) is 8.00. The van der Waals surface area contributed by atoms with Gasteiger partial charge in [0, 0.05) is 5.56 Å². The third-order valence-electron chi connectivity index (χ3n) is 3.01. The van der Waals surface area contributed by atoms with Crippen LogP contribution in [0.1, 0.15) is 10.4 Å². The maximum atomic E-state index is 12.3. The van der Waals surface area contributed by atoms with E-state index in [0.717, 1.165) is 24.3 Å². The van der Waals surface area contributed by atoms with Crippen LogP contribution < -0.4 is 0 Å². The normalized spacial score (nSPS) is 13.5. The summed E-state index contributed by atoms with van der Waals surface area (Å²) in [6.45, 7) is 0. The Kier molecular flexibility index (Phi) is 4.66. The molecule has 0 heterocycles. The van der Waals surface area contributed by atoms with Crippen molar-refractivity contribution in [3.63, 3.8) is 0 Å². The molecule has 0 bridgehead atoms. The molecule has 0 radical (unpaired) electrons. The maximum Gasteiger partial charge on any atom is 0.299 e. The lowest BCUT2D eigenvalue weighted by molar-refractivity contribution is 0.0848. The first-order valence-electron chi connectivity index (χ1n) is 6.23. The van der Waals surface area contributed by atoms with Gasteiger partial charge in [-0.25, -0.2) is 8.42 Å². The summed E-state index contributed by atoms with van der Waals surface area (Å²) in [4.78, 5) is 11.7. The maximum absolute atomic E-state index is 12.3. The molecular weight excluding hydrogens is 344 g/mol. The molecule has 0 aromatic heterocycles. The summed E-state index contributed by atoms with van der Waals surface area (Å²) in [5.41, 5.74) is -2.86. The van der Waals surface area contributed by atoms with E-state index in [1.165, 1.54) is 12.1 Å². The Morgan fingerprint density at radius 2 is 1.30 bits per heavy atom. The fourth-order valence-electron chi connectivity index (χ4n) is 1.81. The van der Waals surface area contributed by atoms with E-state index >= 15 is 0 Å². The van der Waals surface area contributed by atoms with Crippen molar-refractivity contribution in [2.24, 2.45) is 0 Å². The van der Waals surface area contributed by atoms with E-state index < -0.39 is 31.2 Å². The number of Topliss-reactive ketones (excluding diaryl/α,β-unsaturated/α-hetero) is 1. The molecule has 2 rings (SSSR count). The standard InChI is InChI=1S/C14H12O7S2/c15-13(14(16)23(19,20)21)10-6-8-12(9-7-10)22(17,18)11-4-2-1-3-5-11/h1-9,14,16H,(H,19,20,21). The van der Waals surface area contributed by atoms with Crippen molar-refractivity contribution in [2.45, 2.75) is 15.2 Å². The Morgan fingerprint density at radius 3 is 1.78 bits per heavy atom. The Balaban J connectivity index is 2.36. The molecule has 0 aliphatic carbocycles. The van der Waals surface area contributed by atoms with Gasteiger partial charge in [0.2, 0.25) is 21.1 Å². The number of ketones is 1. The Labute approximate surface area is 132 Å². The summed E-state index contributed by atoms with van der Waals surface area (Å²) >= 11 is 0. The number of carbonyl (C=O) groups is 1. The fraction of sp³-hybridized carbons (Fsp3) is 0.0714. The van der Waals surface area contributed by atoms with Crippen LogP contribution in [0, 0.1) is 0 Å². The summed E-state index contributed by atoms with van der Waals surface area (Å²) in [6, 6.07) is 12.0. The van der Waals surface area contributed by atoms with Gasteiger partial charge in [-0.2, -0.15) is 8.42 Å². The number of rotatable bonds is 5. The monoisotopic (exact) mass is 356 g/mol. The van der Waals surface area contributed by atoms with E-state index in [-0.39, 0.29) is 15.4 Å². The lowest BCUT2D eigenvalue weighted by Crippen LogP contribution is -2.29. The van der Waals surface area contributed by atoms with Gasteiger partial charge in [-0.05, 0) is 36.4 Å². The predicted octanol–water partition coefficient (Wildman–Crippen LogP) is 0.908. The molecule has 0 amide bonds. The Hall–Kier alpha value is -2.07. The third kappa shape index (κ3) is 3.64. The Bertz CT molecular complexity index is 915. The zero-order valence-electron chi connectivity index (χ0n) is 11.5. The van der Waals surface area contributed by atoms with Gasteiger partial charge in [-0.1, -0.05) is 18.2 Å². The van der Waals surface area contributed by atoms with Gasteiger partial charge in [0.25, 0.3) is 10.1 Å². The molecule has 23 heavy (non-hydrogen) atoms. The fourth-order valence-corrected chi connectivity index (χ4v) is 3.50. The molecule has 0 saturated heterocycles. The lowest BCUT2D eigenvalue weighted by Gasteiger charge is -2.08. The first-order valence-corrected chi connectivity index (χ1v) is 9.21. The van der Waals surface area contributed by atoms with Gasteiger partial charge in [0.05, 0.1) is 9.79 Å². The number of hydrogen-bond donors (Lipinski definition) is 2. The predicted molar refractivity (Wildman–Crippen MR) is 80.2 cm³/mol. The minimum Gasteiger partial charge on any atom is -0.369 e. The van der Waals surface area contributed by atoms with Crippen molar-refractivity contribution in [3.05, 3.63) is 60.2 Å². The Morgan fingerprint density at radius 1 is 0.826 bits per heavy atom. The largest absolute Gasteiger partial charge is 0.369 e. The van der Waals surface area contributed by atoms with Gasteiger partial charge in [-0.3, -0.25) is 9.35 Å². The van der Waals surface area contributed by atoms with Crippen LogP contribution in [0.25, 0.3) is 0 Å². The van der Waals surface area contributed by atoms with Crippen LogP contribution in [0.15, 0.2) is 64.4 Å². The molecule has 0 saturated carbocycles. The van der Waals surface area contributed by atoms with Crippen molar-refractivity contribution in [2.75, 3.05) is 0 Å². The SMILES string of the molecule is O=C(c1ccc(S(=O)(=O)c2ccccc2)cc1)C(O)S(=O)(=O)O. The van der Waals surface area contributed by atoms with Crippen LogP contribution in [0.3, 0.4) is 0 Å². The van der Waals surface area contributed by atoms with Crippen LogP contribution in [-0.4, -0.2) is 37.7 Å². The lowest BCUT2D eigenvalue weighted by atomic mass is 10.1. The number of aliphatic hydroxyl groups is 1. The van der Waals surface area contributed by atoms with Crippen LogP contribution in [0.4, 0.5) is 0 Å². The van der Waals surface area contributed by atoms with E-state index in [1.807, 2.05) is 0 Å². The number of benzene rings is 2. The topological polar surface area (TPSA) is 126 Å². The van der Waals surface area contributed by atoms with Crippen molar-refractivity contribution < 1.29 is 31.3 Å². The number of aliphatic hydroxyl groups excluding tert-OH is 1. The van der Waals surface area contributed by atoms with Crippen LogP contribution in [0.5, 0.6) is 0 Å². The average molecular weight is 356 g/mol. The minimum absolute atomic E-state index is 0.0667. The molecule has 2 N–H and O–H groups in total. The molecule has 0 aliphatic heterocycles. The molecule has 1 unspecified atom stereocenters. The molecule has 122 valence electrons. The third-order valence-corrected chi connectivity index (χ3v) is 5.57. The van der Waals surface area contributed by atoms with Gasteiger partial charge >= 0.3 is 0 Å². The molecule has 0 fully saturated rings. The van der Waals surface area contributed by atoms with E-state index in [2.05, 4.69) is 0 Å². The molecule has 2 aromatic carbocycles. The number of sulfone groups is 1. The second kappa shape index (κ2) is 6.20. The van der Waals surface area contributed by atoms with E-state index in [4.69, 9.17) is 4.55 Å². The van der Waals surface area contributed by atoms with Crippen molar-refractivity contribution in [3.8, 4) is 0 Å². The van der Waals surface area contributed by atoms with Gasteiger partial charge in [-0.15, -0.1) is 0 Å². The van der Waals surface area contributed by atoms with E-state index in [0.29, 0.717) is 0 Å². The first-order chi connectivity index (χ1) is 10.6. The zero-order chi connectivity index (χ0) is 17.3. The van der Waals surface area contributed by atoms with E-state index in [1.54, 1.807) is 18.2 Å². The van der Waals surface area contributed by atoms with Gasteiger partial charge < -0.3 is 5.11 Å². The minimum atomic E-state index is -4.94. The summed E-state index contributed by atoms with van der Waals surface area (Å²) in [5, 5.41) is 9.21. The van der Waals surface area contributed by atoms with Crippen LogP contribution in [-0.2, 0) is 20.0 Å². The molecule has 1 atom stereocenters. The summed E-state index contributed by atoms with van der Waals surface area (Å²) in [6.07, 6.45) is 0. The number of hydrogen-bond acceptors (Lipinski definition) is 6. The van der Waals surface area contributed by atoms with Crippen molar-refractivity contribution >= 4 is 25.7 Å². The second-order valence-electron chi connectivity index (χ2n) is 4.57. The highest BCUT2D eigenvalue weighted by Gasteiger charge is 2.29. The van der Waals surface area contributed by atoms with Crippen molar-refractivity contribution in [1.82, 2.24) is 0 Å². The van der Waals surface area contributed by atoms with E-state index in [9.17, 15) is 26.7 Å². The molecule has 7 nitrogen and oxygen atoms in total. The highest BCUT2D eigenvalue weighted by atomic mass is 32.2. The van der Waals surface area contributed by atoms with Gasteiger partial charge in [0.15, 0.2) is 0 Å². The molecule has 2 aromatic rings. The highest BCUT2D eigenvalue weighted by molar-refractivity contribution is 7.91. The molecular formula is C14H12O7S2. The van der Waals surface area contributed by atoms with Crippen LogP contribution >= 0.6 is 0 Å². The quantitative estimate of drug-likeness (QED) is 0.602. The first kappa shape index (κ1) is 17.3. The van der Waals surface area contributed by atoms with Crippen LogP contribution in [0.2, 0.25) is 0 Å². The smallest absolute Gasteiger partial charge is 0.299 e. The average Bonchev–Trinajstić information content (AvgIpc) is 2.53. The summed E-state index contributed by atoms with van der Waals surface area (Å²) < 4.78 is 54.8. The molecule has 0 aliphatic rings. The number of carbonyl (C=O) groups excluding carboxylic acids is 1. The summed E-state index contributed by atoms with van der Waals surface area (Å²) in [5.74, 6) is -1.25.